The van der Waals surface area contributed by atoms with Crippen LogP contribution in [-0.4, -0.2) is 32.3 Å². The SMILES string of the molecule is C=CCn1c(SCC(=O)Nc2ccccc2Cl)nnc1[C@H](C)NC(=O)c1ccccc1. The summed E-state index contributed by atoms with van der Waals surface area (Å²) in [5.41, 5.74) is 1.12. The van der Waals surface area contributed by atoms with E-state index in [0.29, 0.717) is 33.8 Å². The minimum atomic E-state index is -0.383. The number of nitrogens with one attached hydrogen (secondary N) is 2. The first kappa shape index (κ1) is 22.6. The summed E-state index contributed by atoms with van der Waals surface area (Å²) in [4.78, 5) is 24.8. The van der Waals surface area contributed by atoms with Crippen molar-refractivity contribution in [3.05, 3.63) is 83.7 Å². The van der Waals surface area contributed by atoms with Crippen LogP contribution in [0, 0.1) is 0 Å². The molecule has 2 aromatic carbocycles. The quantitative estimate of drug-likeness (QED) is 0.370. The van der Waals surface area contributed by atoms with Gasteiger partial charge in [-0.3, -0.25) is 9.59 Å². The molecule has 160 valence electrons. The first-order chi connectivity index (χ1) is 15.0. The largest absolute Gasteiger partial charge is 0.342 e. The van der Waals surface area contributed by atoms with Crippen LogP contribution >= 0.6 is 23.4 Å². The fourth-order valence-corrected chi connectivity index (χ4v) is 3.78. The Morgan fingerprint density at radius 1 is 1.16 bits per heavy atom. The number of allylic oxidation sites excluding steroid dienone is 1. The van der Waals surface area contributed by atoms with Crippen molar-refractivity contribution in [3.63, 3.8) is 0 Å². The van der Waals surface area contributed by atoms with Gasteiger partial charge in [-0.05, 0) is 31.2 Å². The molecule has 0 unspecified atom stereocenters. The van der Waals surface area contributed by atoms with Crippen LogP contribution in [0.25, 0.3) is 0 Å². The molecule has 0 aliphatic heterocycles. The number of rotatable bonds is 9. The Morgan fingerprint density at radius 3 is 2.58 bits per heavy atom. The van der Waals surface area contributed by atoms with Crippen molar-refractivity contribution in [2.75, 3.05) is 11.1 Å². The number of carbonyl (C=O) groups is 2. The molecule has 0 fully saturated rings. The lowest BCUT2D eigenvalue weighted by Gasteiger charge is -2.15. The average molecular weight is 456 g/mol. The van der Waals surface area contributed by atoms with Crippen LogP contribution in [-0.2, 0) is 11.3 Å². The molecule has 1 atom stereocenters. The number of anilines is 1. The highest BCUT2D eigenvalue weighted by Crippen LogP contribution is 2.23. The van der Waals surface area contributed by atoms with Crippen LogP contribution in [0.3, 0.4) is 0 Å². The van der Waals surface area contributed by atoms with Gasteiger partial charge in [0.15, 0.2) is 11.0 Å². The molecular formula is C22H22ClN5O2S. The third-order valence-electron chi connectivity index (χ3n) is 4.31. The van der Waals surface area contributed by atoms with Crippen LogP contribution in [0.4, 0.5) is 5.69 Å². The molecule has 9 heteroatoms. The van der Waals surface area contributed by atoms with Crippen molar-refractivity contribution >= 4 is 40.9 Å². The Balaban J connectivity index is 1.66. The minimum absolute atomic E-state index is 0.130. The maximum atomic E-state index is 12.5. The summed E-state index contributed by atoms with van der Waals surface area (Å²) in [5.74, 6) is 0.302. The Kier molecular flexibility index (Phi) is 7.86. The van der Waals surface area contributed by atoms with E-state index in [4.69, 9.17) is 11.6 Å². The van der Waals surface area contributed by atoms with Gasteiger partial charge < -0.3 is 15.2 Å². The zero-order valence-corrected chi connectivity index (χ0v) is 18.5. The second-order valence-corrected chi connectivity index (χ2v) is 7.97. The van der Waals surface area contributed by atoms with E-state index < -0.39 is 0 Å². The fourth-order valence-electron chi connectivity index (χ4n) is 2.84. The summed E-state index contributed by atoms with van der Waals surface area (Å²) in [6.07, 6.45) is 1.71. The zero-order valence-electron chi connectivity index (χ0n) is 16.9. The van der Waals surface area contributed by atoms with Crippen LogP contribution in [0.1, 0.15) is 29.1 Å². The number of nitrogens with zero attached hydrogens (tertiary/aromatic N) is 3. The lowest BCUT2D eigenvalue weighted by atomic mass is 10.2. The number of benzene rings is 2. The molecule has 0 saturated carbocycles. The van der Waals surface area contributed by atoms with E-state index in [1.807, 2.05) is 29.7 Å². The van der Waals surface area contributed by atoms with Gasteiger partial charge in [0.1, 0.15) is 0 Å². The second kappa shape index (κ2) is 10.8. The van der Waals surface area contributed by atoms with E-state index in [1.54, 1.807) is 42.5 Å². The fraction of sp³-hybridized carbons (Fsp3) is 0.182. The van der Waals surface area contributed by atoms with Gasteiger partial charge >= 0.3 is 0 Å². The lowest BCUT2D eigenvalue weighted by molar-refractivity contribution is -0.113. The van der Waals surface area contributed by atoms with Crippen LogP contribution < -0.4 is 10.6 Å². The summed E-state index contributed by atoms with van der Waals surface area (Å²) in [7, 11) is 0. The van der Waals surface area contributed by atoms with Crippen molar-refractivity contribution < 1.29 is 9.59 Å². The van der Waals surface area contributed by atoms with Gasteiger partial charge in [0.25, 0.3) is 5.91 Å². The van der Waals surface area contributed by atoms with E-state index in [9.17, 15) is 9.59 Å². The monoisotopic (exact) mass is 455 g/mol. The standard InChI is InChI=1S/C22H22ClN5O2S/c1-3-13-28-20(15(2)24-21(30)16-9-5-4-6-10-16)26-27-22(28)31-14-19(29)25-18-12-8-7-11-17(18)23/h3-12,15H,1,13-14H2,2H3,(H,24,30)(H,25,29)/t15-/m0/s1. The zero-order chi connectivity index (χ0) is 22.2. The smallest absolute Gasteiger partial charge is 0.251 e. The van der Waals surface area contributed by atoms with E-state index in [1.165, 1.54) is 11.8 Å². The Morgan fingerprint density at radius 2 is 1.87 bits per heavy atom. The first-order valence-corrected chi connectivity index (χ1v) is 10.9. The van der Waals surface area contributed by atoms with Crippen molar-refractivity contribution in [3.8, 4) is 0 Å². The van der Waals surface area contributed by atoms with Crippen LogP contribution in [0.2, 0.25) is 5.02 Å². The predicted molar refractivity (Wildman–Crippen MR) is 123 cm³/mol. The number of para-hydroxylation sites is 1. The number of aromatic nitrogens is 3. The molecule has 7 nitrogen and oxygen atoms in total. The number of hydrogen-bond donors (Lipinski definition) is 2. The van der Waals surface area contributed by atoms with Gasteiger partial charge in [-0.1, -0.05) is 59.8 Å². The molecule has 0 saturated heterocycles. The lowest BCUT2D eigenvalue weighted by Crippen LogP contribution is -2.28. The summed E-state index contributed by atoms with van der Waals surface area (Å²) in [6.45, 7) is 6.06. The molecule has 0 aliphatic rings. The van der Waals surface area contributed by atoms with E-state index in [0.717, 1.165) is 0 Å². The van der Waals surface area contributed by atoms with Gasteiger partial charge in [-0.25, -0.2) is 0 Å². The third-order valence-corrected chi connectivity index (χ3v) is 5.60. The topological polar surface area (TPSA) is 88.9 Å². The molecule has 2 N–H and O–H groups in total. The van der Waals surface area contributed by atoms with Crippen molar-refractivity contribution in [2.45, 2.75) is 24.7 Å². The van der Waals surface area contributed by atoms with Gasteiger partial charge in [-0.2, -0.15) is 0 Å². The summed E-state index contributed by atoms with van der Waals surface area (Å²) in [6, 6.07) is 15.6. The molecule has 0 aliphatic carbocycles. The first-order valence-electron chi connectivity index (χ1n) is 9.56. The molecule has 31 heavy (non-hydrogen) atoms. The van der Waals surface area contributed by atoms with E-state index in [2.05, 4.69) is 27.4 Å². The van der Waals surface area contributed by atoms with Crippen molar-refractivity contribution in [1.29, 1.82) is 0 Å². The van der Waals surface area contributed by atoms with Gasteiger partial charge in [0, 0.05) is 12.1 Å². The predicted octanol–water partition coefficient (Wildman–Crippen LogP) is 4.34. The molecule has 1 aromatic heterocycles. The van der Waals surface area contributed by atoms with Crippen LogP contribution in [0.5, 0.6) is 0 Å². The highest BCUT2D eigenvalue weighted by Gasteiger charge is 2.20. The van der Waals surface area contributed by atoms with Gasteiger partial charge in [0.2, 0.25) is 5.91 Å². The second-order valence-electron chi connectivity index (χ2n) is 6.62. The van der Waals surface area contributed by atoms with Crippen LogP contribution in [0.15, 0.2) is 72.4 Å². The third kappa shape index (κ3) is 5.96. The molecule has 3 aromatic rings. The maximum Gasteiger partial charge on any atom is 0.251 e. The number of thioether (sulfide) groups is 1. The molecule has 3 rings (SSSR count). The highest BCUT2D eigenvalue weighted by molar-refractivity contribution is 7.99. The number of amides is 2. The molecule has 1 heterocycles. The molecule has 0 spiro atoms. The highest BCUT2D eigenvalue weighted by atomic mass is 35.5. The van der Waals surface area contributed by atoms with E-state index >= 15 is 0 Å². The summed E-state index contributed by atoms with van der Waals surface area (Å²) in [5, 5.41) is 15.2. The maximum absolute atomic E-state index is 12.5. The Hall–Kier alpha value is -3.10. The van der Waals surface area contributed by atoms with Crippen molar-refractivity contribution in [1.82, 2.24) is 20.1 Å². The Labute approximate surface area is 189 Å². The molecular weight excluding hydrogens is 434 g/mol. The number of carbonyl (C=O) groups excluding carboxylic acids is 2. The summed E-state index contributed by atoms with van der Waals surface area (Å²) >= 11 is 7.33. The van der Waals surface area contributed by atoms with Crippen molar-refractivity contribution in [2.24, 2.45) is 0 Å². The minimum Gasteiger partial charge on any atom is -0.342 e. The number of halogens is 1. The van der Waals surface area contributed by atoms with E-state index in [-0.39, 0.29) is 23.6 Å². The normalized spacial score (nSPS) is 11.5. The van der Waals surface area contributed by atoms with Gasteiger partial charge in [-0.15, -0.1) is 16.8 Å². The van der Waals surface area contributed by atoms with Gasteiger partial charge in [0.05, 0.1) is 22.5 Å². The molecule has 0 bridgehead atoms. The Bertz CT molecular complexity index is 1070. The molecule has 2 amide bonds. The number of hydrogen-bond acceptors (Lipinski definition) is 5. The summed E-state index contributed by atoms with van der Waals surface area (Å²) < 4.78 is 1.83. The average Bonchev–Trinajstić information content (AvgIpc) is 3.17. The molecule has 0 radical (unpaired) electrons.